The van der Waals surface area contributed by atoms with Crippen LogP contribution in [-0.2, 0) is 10.1 Å². The van der Waals surface area contributed by atoms with Gasteiger partial charge in [-0.2, -0.15) is 24.2 Å². The highest BCUT2D eigenvalue weighted by atomic mass is 32.2. The molecule has 19 heavy (non-hydrogen) atoms. The lowest BCUT2D eigenvalue weighted by Gasteiger charge is -2.05. The minimum absolute atomic E-state index is 0.148. The maximum Gasteiger partial charge on any atom is 0.294 e. The Kier molecular flexibility index (Phi) is 4.23. The van der Waals surface area contributed by atoms with Crippen LogP contribution in [0.4, 0.5) is 5.69 Å². The molecule has 0 unspecified atom stereocenters. The summed E-state index contributed by atoms with van der Waals surface area (Å²) < 4.78 is 30.7. The summed E-state index contributed by atoms with van der Waals surface area (Å²) in [5.41, 5.74) is -0.591. The zero-order valence-electron chi connectivity index (χ0n) is 9.32. The lowest BCUT2D eigenvalue weighted by molar-refractivity contribution is 0.483. The number of anilines is 1. The summed E-state index contributed by atoms with van der Waals surface area (Å²) in [6.45, 7) is 0. The second-order valence-corrected chi connectivity index (χ2v) is 4.63. The molecule has 0 amide bonds. The lowest BCUT2D eigenvalue weighted by Crippen LogP contribution is -2.03. The fraction of sp³-hybridized carbons (Fsp3) is 0. The third kappa shape index (κ3) is 3.55. The Morgan fingerprint density at radius 2 is 1.79 bits per heavy atom. The Morgan fingerprint density at radius 3 is 2.26 bits per heavy atom. The Hall–Kier alpha value is -2.86. The lowest BCUT2D eigenvalue weighted by atomic mass is 10.2. The van der Waals surface area contributed by atoms with Crippen molar-refractivity contribution >= 4 is 15.8 Å². The number of nitrogens with one attached hydrogen (secondary N) is 1. The molecule has 0 saturated heterocycles. The molecule has 0 atom stereocenters. The van der Waals surface area contributed by atoms with Gasteiger partial charge in [0.15, 0.2) is 5.57 Å². The van der Waals surface area contributed by atoms with Crippen molar-refractivity contribution in [1.29, 1.82) is 15.8 Å². The summed E-state index contributed by atoms with van der Waals surface area (Å²) in [5.74, 6) is 0. The van der Waals surface area contributed by atoms with Crippen LogP contribution in [0.3, 0.4) is 0 Å². The normalized spacial score (nSPS) is 9.58. The fourth-order valence-corrected chi connectivity index (χ4v) is 1.69. The maximum atomic E-state index is 10.9. The van der Waals surface area contributed by atoms with Crippen LogP contribution < -0.4 is 5.32 Å². The summed E-state index contributed by atoms with van der Waals surface area (Å²) in [6, 6.07) is 9.66. The first-order valence-electron chi connectivity index (χ1n) is 4.71. The van der Waals surface area contributed by atoms with Crippen molar-refractivity contribution in [1.82, 2.24) is 0 Å². The molecule has 94 valence electrons. The predicted octanol–water partition coefficient (Wildman–Crippen LogP) is 1.17. The summed E-state index contributed by atoms with van der Waals surface area (Å²) in [5, 5.41) is 28.5. The van der Waals surface area contributed by atoms with Crippen LogP contribution in [-0.4, -0.2) is 13.0 Å². The third-order valence-electron chi connectivity index (χ3n) is 1.99. The fourth-order valence-electron chi connectivity index (χ4n) is 1.16. The van der Waals surface area contributed by atoms with Crippen LogP contribution in [0.25, 0.3) is 0 Å². The average molecular weight is 274 g/mol. The first-order chi connectivity index (χ1) is 8.92. The van der Waals surface area contributed by atoms with E-state index in [2.05, 4.69) is 5.32 Å². The van der Waals surface area contributed by atoms with Gasteiger partial charge in [0.2, 0.25) is 0 Å². The van der Waals surface area contributed by atoms with E-state index in [0.29, 0.717) is 0 Å². The largest absolute Gasteiger partial charge is 0.345 e. The van der Waals surface area contributed by atoms with E-state index in [1.807, 2.05) is 0 Å². The number of hydrogen-bond acceptors (Lipinski definition) is 6. The van der Waals surface area contributed by atoms with Gasteiger partial charge in [0, 0.05) is 5.69 Å². The van der Waals surface area contributed by atoms with Gasteiger partial charge in [-0.15, -0.1) is 0 Å². The van der Waals surface area contributed by atoms with Gasteiger partial charge in [0.05, 0.1) is 4.90 Å². The molecule has 0 saturated carbocycles. The molecule has 0 aromatic heterocycles. The van der Waals surface area contributed by atoms with E-state index in [-0.39, 0.29) is 16.3 Å². The van der Waals surface area contributed by atoms with Crippen LogP contribution in [0.1, 0.15) is 0 Å². The molecule has 0 spiro atoms. The first kappa shape index (κ1) is 14.2. The average Bonchev–Trinajstić information content (AvgIpc) is 2.38. The van der Waals surface area contributed by atoms with Crippen molar-refractivity contribution in [2.75, 3.05) is 5.32 Å². The van der Waals surface area contributed by atoms with Gasteiger partial charge < -0.3 is 5.32 Å². The molecule has 8 heteroatoms. The van der Waals surface area contributed by atoms with Crippen LogP contribution in [0.15, 0.2) is 40.4 Å². The molecular formula is C11H6N4O3S. The number of rotatable bonds is 3. The van der Waals surface area contributed by atoms with E-state index >= 15 is 0 Å². The SMILES string of the molecule is N#CC(C#N)=C(C#N)Nc1cccc(S(=O)(=O)O)c1. The number of nitrogens with zero attached hydrogens (tertiary/aromatic N) is 3. The van der Waals surface area contributed by atoms with Gasteiger partial charge in [0.1, 0.15) is 23.9 Å². The van der Waals surface area contributed by atoms with E-state index in [9.17, 15) is 8.42 Å². The highest BCUT2D eigenvalue weighted by Gasteiger charge is 2.11. The monoisotopic (exact) mass is 274 g/mol. The van der Waals surface area contributed by atoms with E-state index in [1.54, 1.807) is 6.07 Å². The summed E-state index contributed by atoms with van der Waals surface area (Å²) in [6.07, 6.45) is 0. The van der Waals surface area contributed by atoms with Gasteiger partial charge in [-0.3, -0.25) is 4.55 Å². The molecule has 1 aromatic rings. The molecular weight excluding hydrogens is 268 g/mol. The minimum Gasteiger partial charge on any atom is -0.345 e. The standard InChI is InChI=1S/C11H6N4O3S/c12-5-8(6-13)11(7-14)15-9-2-1-3-10(4-9)19(16,17)18/h1-4,15H,(H,16,17,18). The van der Waals surface area contributed by atoms with E-state index in [0.717, 1.165) is 12.1 Å². The second kappa shape index (κ2) is 5.65. The molecule has 2 N–H and O–H groups in total. The topological polar surface area (TPSA) is 138 Å². The zero-order chi connectivity index (χ0) is 14.5. The molecule has 0 fully saturated rings. The van der Waals surface area contributed by atoms with Crippen molar-refractivity contribution in [3.05, 3.63) is 35.5 Å². The third-order valence-corrected chi connectivity index (χ3v) is 2.84. The highest BCUT2D eigenvalue weighted by molar-refractivity contribution is 7.85. The number of benzene rings is 1. The van der Waals surface area contributed by atoms with E-state index in [4.69, 9.17) is 20.3 Å². The second-order valence-electron chi connectivity index (χ2n) is 3.21. The molecule has 0 aliphatic heterocycles. The Morgan fingerprint density at radius 1 is 1.16 bits per heavy atom. The van der Waals surface area contributed by atoms with Crippen molar-refractivity contribution in [2.24, 2.45) is 0 Å². The van der Waals surface area contributed by atoms with Gasteiger partial charge >= 0.3 is 0 Å². The summed E-state index contributed by atoms with van der Waals surface area (Å²) >= 11 is 0. The number of hydrogen-bond donors (Lipinski definition) is 2. The summed E-state index contributed by atoms with van der Waals surface area (Å²) in [7, 11) is -4.37. The predicted molar refractivity (Wildman–Crippen MR) is 63.7 cm³/mol. The van der Waals surface area contributed by atoms with Crippen LogP contribution in [0.2, 0.25) is 0 Å². The molecule has 7 nitrogen and oxygen atoms in total. The molecule has 0 aliphatic rings. The van der Waals surface area contributed by atoms with Gasteiger partial charge in [0.25, 0.3) is 10.1 Å². The molecule has 0 radical (unpaired) electrons. The van der Waals surface area contributed by atoms with Gasteiger partial charge in [-0.25, -0.2) is 0 Å². The quantitative estimate of drug-likeness (QED) is 0.623. The Bertz CT molecular complexity index is 744. The molecule has 0 bridgehead atoms. The van der Waals surface area contributed by atoms with Gasteiger partial charge in [-0.05, 0) is 18.2 Å². The first-order valence-corrected chi connectivity index (χ1v) is 6.15. The number of nitriles is 3. The van der Waals surface area contributed by atoms with Crippen LogP contribution in [0, 0.1) is 34.0 Å². The van der Waals surface area contributed by atoms with Crippen LogP contribution in [0.5, 0.6) is 0 Å². The smallest absolute Gasteiger partial charge is 0.294 e. The summed E-state index contributed by atoms with van der Waals surface area (Å²) in [4.78, 5) is -0.370. The number of allylic oxidation sites excluding steroid dienone is 2. The van der Waals surface area contributed by atoms with E-state index < -0.39 is 15.7 Å². The van der Waals surface area contributed by atoms with Crippen molar-refractivity contribution in [3.8, 4) is 18.2 Å². The van der Waals surface area contributed by atoms with E-state index in [1.165, 1.54) is 24.3 Å². The maximum absolute atomic E-state index is 10.9. The molecule has 0 heterocycles. The minimum atomic E-state index is -4.37. The van der Waals surface area contributed by atoms with Crippen LogP contribution >= 0.6 is 0 Å². The van der Waals surface area contributed by atoms with Gasteiger partial charge in [-0.1, -0.05) is 6.07 Å². The van der Waals surface area contributed by atoms with Crippen molar-refractivity contribution in [2.45, 2.75) is 4.90 Å². The Labute approximate surface area is 109 Å². The van der Waals surface area contributed by atoms with Crippen molar-refractivity contribution in [3.63, 3.8) is 0 Å². The molecule has 0 aliphatic carbocycles. The van der Waals surface area contributed by atoms with Crippen molar-refractivity contribution < 1.29 is 13.0 Å². The Balaban J connectivity index is 3.23. The molecule has 1 rings (SSSR count). The highest BCUT2D eigenvalue weighted by Crippen LogP contribution is 2.17. The molecule has 1 aromatic carbocycles. The zero-order valence-corrected chi connectivity index (χ0v) is 10.1.